The number of rotatable bonds is 6. The summed E-state index contributed by atoms with van der Waals surface area (Å²) in [6, 6.07) is 24.9. The van der Waals surface area contributed by atoms with Gasteiger partial charge in [-0.3, -0.25) is 14.9 Å². The third-order valence-electron chi connectivity index (χ3n) is 4.82. The van der Waals surface area contributed by atoms with Crippen LogP contribution in [0.25, 0.3) is 10.8 Å². The number of hydrogen-bond donors (Lipinski definition) is 1. The Morgan fingerprint density at radius 3 is 2.30 bits per heavy atom. The minimum Gasteiger partial charge on any atom is -0.423 e. The first-order valence-corrected chi connectivity index (χ1v) is 9.89. The van der Waals surface area contributed by atoms with Crippen molar-refractivity contribution >= 4 is 34.6 Å². The van der Waals surface area contributed by atoms with E-state index in [-0.39, 0.29) is 11.3 Å². The number of nitrogens with one attached hydrogen (secondary N) is 1. The molecule has 8 nitrogen and oxygen atoms in total. The first-order valence-electron chi connectivity index (χ1n) is 9.89. The van der Waals surface area contributed by atoms with Crippen LogP contribution in [-0.4, -0.2) is 23.0 Å². The van der Waals surface area contributed by atoms with Gasteiger partial charge in [-0.15, -0.1) is 0 Å². The molecule has 0 saturated carbocycles. The van der Waals surface area contributed by atoms with Crippen LogP contribution in [0.2, 0.25) is 0 Å². The predicted octanol–water partition coefficient (Wildman–Crippen LogP) is 4.73. The normalized spacial score (nSPS) is 10.8. The summed E-state index contributed by atoms with van der Waals surface area (Å²) in [6.07, 6.45) is 1.43. The van der Waals surface area contributed by atoms with Crippen molar-refractivity contribution < 1.29 is 19.2 Å². The van der Waals surface area contributed by atoms with Crippen LogP contribution in [0, 0.1) is 10.1 Å². The minimum absolute atomic E-state index is 0.101. The average molecular weight is 439 g/mol. The zero-order valence-corrected chi connectivity index (χ0v) is 17.2. The van der Waals surface area contributed by atoms with Gasteiger partial charge in [0.25, 0.3) is 11.6 Å². The fraction of sp³-hybridized carbons (Fsp3) is 0. The summed E-state index contributed by atoms with van der Waals surface area (Å²) in [5.74, 6) is -0.578. The molecule has 0 aromatic heterocycles. The lowest BCUT2D eigenvalue weighted by Crippen LogP contribution is -2.17. The van der Waals surface area contributed by atoms with E-state index < -0.39 is 16.8 Å². The van der Waals surface area contributed by atoms with Gasteiger partial charge in [0, 0.05) is 17.7 Å². The smallest absolute Gasteiger partial charge is 0.344 e. The Hall–Kier alpha value is -4.85. The number of ether oxygens (including phenoxy) is 1. The summed E-state index contributed by atoms with van der Waals surface area (Å²) in [5.41, 5.74) is 3.65. The number of hydrogen-bond acceptors (Lipinski definition) is 6. The number of amides is 1. The number of carbonyl (C=O) groups excluding carboxylic acids is 2. The van der Waals surface area contributed by atoms with Crippen LogP contribution in [0.5, 0.6) is 5.75 Å². The van der Waals surface area contributed by atoms with Crippen LogP contribution in [0.3, 0.4) is 0 Å². The van der Waals surface area contributed by atoms with Crippen LogP contribution >= 0.6 is 0 Å². The van der Waals surface area contributed by atoms with Gasteiger partial charge in [-0.25, -0.2) is 10.2 Å². The molecule has 0 aliphatic carbocycles. The maximum absolute atomic E-state index is 12.6. The summed E-state index contributed by atoms with van der Waals surface area (Å²) < 4.78 is 5.49. The SMILES string of the molecule is O=C(NN=Cc1ccc(OC(=O)c2cccc3ccccc23)cc1)c1ccc([N+](=O)[O-])cc1. The largest absolute Gasteiger partial charge is 0.423 e. The molecule has 4 aromatic carbocycles. The third kappa shape index (κ3) is 5.08. The average Bonchev–Trinajstić information content (AvgIpc) is 2.84. The summed E-state index contributed by atoms with van der Waals surface area (Å²) in [6.45, 7) is 0. The number of nitro benzene ring substituents is 1. The highest BCUT2D eigenvalue weighted by atomic mass is 16.6. The van der Waals surface area contributed by atoms with Gasteiger partial charge in [0.2, 0.25) is 0 Å². The van der Waals surface area contributed by atoms with E-state index in [1.165, 1.54) is 30.5 Å². The molecule has 0 saturated heterocycles. The van der Waals surface area contributed by atoms with Gasteiger partial charge in [0.15, 0.2) is 0 Å². The molecule has 0 bridgehead atoms. The highest BCUT2D eigenvalue weighted by Crippen LogP contribution is 2.21. The molecule has 4 rings (SSSR count). The van der Waals surface area contributed by atoms with Gasteiger partial charge >= 0.3 is 5.97 Å². The van der Waals surface area contributed by atoms with Crippen LogP contribution in [0.4, 0.5) is 5.69 Å². The van der Waals surface area contributed by atoms with Crippen LogP contribution in [-0.2, 0) is 0 Å². The number of esters is 1. The van der Waals surface area contributed by atoms with Gasteiger partial charge in [-0.2, -0.15) is 5.10 Å². The highest BCUT2D eigenvalue weighted by Gasteiger charge is 2.12. The molecule has 0 heterocycles. The first-order chi connectivity index (χ1) is 16.0. The standard InChI is InChI=1S/C25H17N3O5/c29-24(19-10-12-20(13-11-19)28(31)32)27-26-16-17-8-14-21(15-9-17)33-25(30)23-7-3-5-18-4-1-2-6-22(18)23/h1-16H,(H,27,29). The Kier molecular flexibility index (Phi) is 6.17. The van der Waals surface area contributed by atoms with Crippen molar-refractivity contribution in [3.63, 3.8) is 0 Å². The second kappa shape index (κ2) is 9.52. The van der Waals surface area contributed by atoms with E-state index in [4.69, 9.17) is 4.74 Å². The van der Waals surface area contributed by atoms with Crippen molar-refractivity contribution in [2.75, 3.05) is 0 Å². The van der Waals surface area contributed by atoms with E-state index in [1.807, 2.05) is 36.4 Å². The molecule has 0 spiro atoms. The molecule has 0 fully saturated rings. The summed E-state index contributed by atoms with van der Waals surface area (Å²) in [7, 11) is 0. The molecule has 0 aliphatic heterocycles. The zero-order valence-electron chi connectivity index (χ0n) is 17.2. The Balaban J connectivity index is 1.37. The molecule has 162 valence electrons. The maximum atomic E-state index is 12.6. The van der Waals surface area contributed by atoms with Crippen LogP contribution < -0.4 is 10.2 Å². The summed E-state index contributed by atoms with van der Waals surface area (Å²) in [4.78, 5) is 34.8. The lowest BCUT2D eigenvalue weighted by atomic mass is 10.0. The lowest BCUT2D eigenvalue weighted by molar-refractivity contribution is -0.384. The van der Waals surface area contributed by atoms with E-state index in [1.54, 1.807) is 30.3 Å². The topological polar surface area (TPSA) is 111 Å². The molecule has 0 aliphatic rings. The van der Waals surface area contributed by atoms with Gasteiger partial charge in [0.1, 0.15) is 5.75 Å². The van der Waals surface area contributed by atoms with E-state index in [2.05, 4.69) is 10.5 Å². The summed E-state index contributed by atoms with van der Waals surface area (Å²) >= 11 is 0. The second-order valence-electron chi connectivity index (χ2n) is 6.99. The quantitative estimate of drug-likeness (QED) is 0.153. The van der Waals surface area contributed by atoms with Crippen molar-refractivity contribution in [1.29, 1.82) is 0 Å². The fourth-order valence-corrected chi connectivity index (χ4v) is 3.15. The Morgan fingerprint density at radius 2 is 1.58 bits per heavy atom. The van der Waals surface area contributed by atoms with Crippen molar-refractivity contribution in [1.82, 2.24) is 5.43 Å². The highest BCUT2D eigenvalue weighted by molar-refractivity contribution is 6.05. The van der Waals surface area contributed by atoms with Crippen molar-refractivity contribution in [2.45, 2.75) is 0 Å². The van der Waals surface area contributed by atoms with E-state index in [0.717, 1.165) is 10.8 Å². The molecule has 0 unspecified atom stereocenters. The number of hydrazone groups is 1. The van der Waals surface area contributed by atoms with Crippen molar-refractivity contribution in [3.05, 3.63) is 118 Å². The monoisotopic (exact) mass is 439 g/mol. The number of non-ortho nitro benzene ring substituents is 1. The molecule has 1 N–H and O–H groups in total. The van der Waals surface area contributed by atoms with E-state index in [0.29, 0.717) is 16.9 Å². The third-order valence-corrected chi connectivity index (χ3v) is 4.82. The fourth-order valence-electron chi connectivity index (χ4n) is 3.15. The van der Waals surface area contributed by atoms with Gasteiger partial charge in [0.05, 0.1) is 16.7 Å². The molecule has 8 heteroatoms. The van der Waals surface area contributed by atoms with Gasteiger partial charge in [-0.05, 0) is 58.8 Å². The number of fused-ring (bicyclic) bond motifs is 1. The molecule has 0 atom stereocenters. The zero-order chi connectivity index (χ0) is 23.2. The van der Waals surface area contributed by atoms with Crippen molar-refractivity contribution in [3.8, 4) is 5.75 Å². The Morgan fingerprint density at radius 1 is 0.879 bits per heavy atom. The predicted molar refractivity (Wildman–Crippen MR) is 124 cm³/mol. The van der Waals surface area contributed by atoms with Gasteiger partial charge < -0.3 is 4.74 Å². The number of nitrogens with zero attached hydrogens (tertiary/aromatic N) is 2. The molecule has 0 radical (unpaired) electrons. The Bertz CT molecular complexity index is 1360. The Labute approximate surface area is 188 Å². The molecular formula is C25H17N3O5. The summed E-state index contributed by atoms with van der Waals surface area (Å²) in [5, 5.41) is 16.3. The maximum Gasteiger partial charge on any atom is 0.344 e. The number of nitro groups is 1. The number of benzene rings is 4. The molecule has 1 amide bonds. The molecule has 33 heavy (non-hydrogen) atoms. The van der Waals surface area contributed by atoms with E-state index in [9.17, 15) is 19.7 Å². The van der Waals surface area contributed by atoms with Gasteiger partial charge in [-0.1, -0.05) is 36.4 Å². The second-order valence-corrected chi connectivity index (χ2v) is 6.99. The lowest BCUT2D eigenvalue weighted by Gasteiger charge is -2.07. The minimum atomic E-state index is -0.539. The van der Waals surface area contributed by atoms with Crippen molar-refractivity contribution in [2.24, 2.45) is 5.10 Å². The first kappa shape index (κ1) is 21.4. The molecular weight excluding hydrogens is 422 g/mol. The number of carbonyl (C=O) groups is 2. The molecule has 4 aromatic rings. The van der Waals surface area contributed by atoms with Crippen LogP contribution in [0.1, 0.15) is 26.3 Å². The van der Waals surface area contributed by atoms with Crippen LogP contribution in [0.15, 0.2) is 96.1 Å². The van der Waals surface area contributed by atoms with E-state index >= 15 is 0 Å².